The zero-order valence-electron chi connectivity index (χ0n) is 16.2. The van der Waals surface area contributed by atoms with Gasteiger partial charge in [-0.2, -0.15) is 0 Å². The van der Waals surface area contributed by atoms with Gasteiger partial charge in [-0.3, -0.25) is 29.9 Å². The summed E-state index contributed by atoms with van der Waals surface area (Å²) in [6, 6.07) is 10.3. The van der Waals surface area contributed by atoms with E-state index in [0.29, 0.717) is 12.7 Å². The van der Waals surface area contributed by atoms with Gasteiger partial charge in [0, 0.05) is 24.1 Å². The molecule has 1 unspecified atom stereocenters. The van der Waals surface area contributed by atoms with Gasteiger partial charge in [0.05, 0.1) is 11.7 Å². The number of hydrogen-bond donors (Lipinski definition) is 2. The molecule has 1 fully saturated rings. The summed E-state index contributed by atoms with van der Waals surface area (Å²) < 4.78 is 20.2. The Morgan fingerprint density at radius 3 is 2.67 bits per heavy atom. The van der Waals surface area contributed by atoms with Crippen LogP contribution in [-0.2, 0) is 16.1 Å². The Morgan fingerprint density at radius 2 is 2.00 bits per heavy atom. The van der Waals surface area contributed by atoms with Crippen molar-refractivity contribution in [2.75, 3.05) is 12.4 Å². The quantitative estimate of drug-likeness (QED) is 0.557. The fourth-order valence-electron chi connectivity index (χ4n) is 3.20. The number of likely N-dealkylation sites (N-methyl/N-ethyl adjacent to an activating group) is 1. The Balaban J connectivity index is 1.77. The van der Waals surface area contributed by atoms with E-state index < -0.39 is 23.9 Å². The van der Waals surface area contributed by atoms with Crippen LogP contribution in [0, 0.1) is 5.82 Å². The average Bonchev–Trinajstić information content (AvgIpc) is 2.71. The standard InChI is InChI=1S/C21H20FN3O5/c1-25(17-9-10-18(27)24-20(17)28)11-15-13(12-26)7-8-16(19(15)22)23-21(29)30-14-5-3-2-4-6-14/h2-8,12,17H,9-11H2,1H3,(H,23,29)(H,24,27,28). The lowest BCUT2D eigenvalue weighted by Crippen LogP contribution is -2.51. The van der Waals surface area contributed by atoms with Crippen molar-refractivity contribution < 1.29 is 28.3 Å². The molecule has 2 aromatic carbocycles. The number of halogens is 1. The maximum Gasteiger partial charge on any atom is 0.417 e. The van der Waals surface area contributed by atoms with Gasteiger partial charge in [-0.25, -0.2) is 9.18 Å². The van der Waals surface area contributed by atoms with Crippen molar-refractivity contribution in [3.63, 3.8) is 0 Å². The van der Waals surface area contributed by atoms with Gasteiger partial charge in [-0.05, 0) is 37.7 Å². The molecule has 0 spiro atoms. The summed E-state index contributed by atoms with van der Waals surface area (Å²) in [6.45, 7) is -0.0740. The predicted molar refractivity (Wildman–Crippen MR) is 106 cm³/mol. The Morgan fingerprint density at radius 1 is 1.27 bits per heavy atom. The molecule has 1 heterocycles. The number of carbonyl (C=O) groups is 4. The molecule has 8 nitrogen and oxygen atoms in total. The lowest BCUT2D eigenvalue weighted by molar-refractivity contribution is -0.137. The van der Waals surface area contributed by atoms with E-state index in [1.165, 1.54) is 12.1 Å². The largest absolute Gasteiger partial charge is 0.417 e. The monoisotopic (exact) mass is 413 g/mol. The van der Waals surface area contributed by atoms with Crippen molar-refractivity contribution in [2.24, 2.45) is 0 Å². The molecular weight excluding hydrogens is 393 g/mol. The van der Waals surface area contributed by atoms with E-state index in [2.05, 4.69) is 10.6 Å². The number of nitrogens with one attached hydrogen (secondary N) is 2. The average molecular weight is 413 g/mol. The minimum absolute atomic E-state index is 0.0229. The van der Waals surface area contributed by atoms with Gasteiger partial charge in [0.1, 0.15) is 12.0 Å². The number of imide groups is 1. The number of carbonyl (C=O) groups excluding carboxylic acids is 4. The third-order valence-corrected chi connectivity index (χ3v) is 4.75. The molecule has 3 amide bonds. The van der Waals surface area contributed by atoms with Crippen LogP contribution in [0.3, 0.4) is 0 Å². The molecule has 1 atom stereocenters. The molecule has 0 aliphatic carbocycles. The van der Waals surface area contributed by atoms with E-state index in [1.54, 1.807) is 42.3 Å². The number of aldehydes is 1. The molecule has 0 saturated carbocycles. The van der Waals surface area contributed by atoms with E-state index in [0.717, 1.165) is 0 Å². The van der Waals surface area contributed by atoms with Crippen molar-refractivity contribution >= 4 is 29.9 Å². The molecule has 0 bridgehead atoms. The summed E-state index contributed by atoms with van der Waals surface area (Å²) in [5.41, 5.74) is -0.0449. The number of benzene rings is 2. The minimum atomic E-state index is -0.886. The number of ether oxygens (including phenoxy) is 1. The van der Waals surface area contributed by atoms with Crippen LogP contribution in [0.5, 0.6) is 5.75 Å². The minimum Gasteiger partial charge on any atom is -0.410 e. The van der Waals surface area contributed by atoms with Gasteiger partial charge in [0.2, 0.25) is 11.8 Å². The number of anilines is 1. The fourth-order valence-corrected chi connectivity index (χ4v) is 3.20. The van der Waals surface area contributed by atoms with E-state index >= 15 is 4.39 Å². The molecule has 0 radical (unpaired) electrons. The van der Waals surface area contributed by atoms with Crippen LogP contribution in [0.25, 0.3) is 0 Å². The lowest BCUT2D eigenvalue weighted by Gasteiger charge is -2.30. The summed E-state index contributed by atoms with van der Waals surface area (Å²) >= 11 is 0. The van der Waals surface area contributed by atoms with Crippen LogP contribution >= 0.6 is 0 Å². The van der Waals surface area contributed by atoms with Gasteiger partial charge in [0.15, 0.2) is 5.82 Å². The maximum atomic E-state index is 15.1. The van der Waals surface area contributed by atoms with Crippen LogP contribution in [0.4, 0.5) is 14.9 Å². The SMILES string of the molecule is CN(Cc1c(C=O)ccc(NC(=O)Oc2ccccc2)c1F)C1CCC(=O)NC1=O. The Hall–Kier alpha value is -3.59. The van der Waals surface area contributed by atoms with E-state index in [-0.39, 0.29) is 41.4 Å². The third-order valence-electron chi connectivity index (χ3n) is 4.75. The second-order valence-corrected chi connectivity index (χ2v) is 6.82. The number of para-hydroxylation sites is 1. The predicted octanol–water partition coefficient (Wildman–Crippen LogP) is 2.49. The Bertz CT molecular complexity index is 980. The highest BCUT2D eigenvalue weighted by Crippen LogP contribution is 2.24. The smallest absolute Gasteiger partial charge is 0.410 e. The highest BCUT2D eigenvalue weighted by molar-refractivity contribution is 6.00. The molecule has 30 heavy (non-hydrogen) atoms. The summed E-state index contributed by atoms with van der Waals surface area (Å²) in [6.07, 6.45) is 0.0865. The van der Waals surface area contributed by atoms with Crippen LogP contribution in [0.15, 0.2) is 42.5 Å². The maximum absolute atomic E-state index is 15.1. The van der Waals surface area contributed by atoms with Gasteiger partial charge in [-0.1, -0.05) is 18.2 Å². The van der Waals surface area contributed by atoms with E-state index in [4.69, 9.17) is 4.74 Å². The first kappa shape index (κ1) is 21.1. The first-order valence-electron chi connectivity index (χ1n) is 9.23. The number of piperidine rings is 1. The normalized spacial score (nSPS) is 16.2. The topological polar surface area (TPSA) is 105 Å². The molecule has 1 aliphatic rings. The second-order valence-electron chi connectivity index (χ2n) is 6.82. The summed E-state index contributed by atoms with van der Waals surface area (Å²) in [7, 11) is 1.60. The van der Waals surface area contributed by atoms with Crippen molar-refractivity contribution in [3.05, 3.63) is 59.4 Å². The second kappa shape index (κ2) is 9.27. The first-order chi connectivity index (χ1) is 14.4. The van der Waals surface area contributed by atoms with Gasteiger partial charge in [-0.15, -0.1) is 0 Å². The first-order valence-corrected chi connectivity index (χ1v) is 9.23. The highest BCUT2D eigenvalue weighted by Gasteiger charge is 2.30. The van der Waals surface area contributed by atoms with Gasteiger partial charge >= 0.3 is 6.09 Å². The van der Waals surface area contributed by atoms with E-state index in [1.807, 2.05) is 0 Å². The molecule has 1 saturated heterocycles. The van der Waals surface area contributed by atoms with Gasteiger partial charge < -0.3 is 4.74 Å². The van der Waals surface area contributed by atoms with Crippen molar-refractivity contribution in [3.8, 4) is 5.75 Å². The molecule has 1 aliphatic heterocycles. The van der Waals surface area contributed by atoms with Crippen LogP contribution < -0.4 is 15.4 Å². The van der Waals surface area contributed by atoms with Crippen molar-refractivity contribution in [1.29, 1.82) is 0 Å². The fraction of sp³-hybridized carbons (Fsp3) is 0.238. The van der Waals surface area contributed by atoms with Gasteiger partial charge in [0.25, 0.3) is 0 Å². The zero-order valence-corrected chi connectivity index (χ0v) is 16.2. The molecule has 9 heteroatoms. The number of amides is 3. The Labute approximate surface area is 172 Å². The highest BCUT2D eigenvalue weighted by atomic mass is 19.1. The lowest BCUT2D eigenvalue weighted by atomic mass is 10.0. The number of rotatable bonds is 6. The molecule has 0 aromatic heterocycles. The number of hydrogen-bond acceptors (Lipinski definition) is 6. The summed E-state index contributed by atoms with van der Waals surface area (Å²) in [5, 5.41) is 4.57. The zero-order chi connectivity index (χ0) is 21.7. The molecule has 3 rings (SSSR count). The molecule has 2 aromatic rings. The molecule has 2 N–H and O–H groups in total. The van der Waals surface area contributed by atoms with Crippen molar-refractivity contribution in [2.45, 2.75) is 25.4 Å². The van der Waals surface area contributed by atoms with Crippen LogP contribution in [-0.4, -0.2) is 42.2 Å². The summed E-state index contributed by atoms with van der Waals surface area (Å²) in [5.74, 6) is -1.34. The molecule has 156 valence electrons. The number of nitrogens with zero attached hydrogens (tertiary/aromatic N) is 1. The van der Waals surface area contributed by atoms with Crippen molar-refractivity contribution in [1.82, 2.24) is 10.2 Å². The third kappa shape index (κ3) is 4.87. The molecular formula is C21H20FN3O5. The summed E-state index contributed by atoms with van der Waals surface area (Å²) in [4.78, 5) is 48.4. The van der Waals surface area contributed by atoms with E-state index in [9.17, 15) is 19.2 Å². The van der Waals surface area contributed by atoms with Crippen LogP contribution in [0.1, 0.15) is 28.8 Å². The van der Waals surface area contributed by atoms with Crippen LogP contribution in [0.2, 0.25) is 0 Å². The Kier molecular flexibility index (Phi) is 6.53.